The van der Waals surface area contributed by atoms with Crippen molar-refractivity contribution in [2.75, 3.05) is 67.5 Å². The van der Waals surface area contributed by atoms with Crippen LogP contribution in [-0.2, 0) is 4.74 Å². The number of ether oxygens (including phenoxy) is 1. The number of carbonyl (C=O) groups excluding carboxylic acids is 3. The Morgan fingerprint density at radius 2 is 1.73 bits per heavy atom. The van der Waals surface area contributed by atoms with E-state index in [1.54, 1.807) is 17.0 Å². The number of hydrogen-bond donors (Lipinski definition) is 2. The van der Waals surface area contributed by atoms with Gasteiger partial charge in [0, 0.05) is 56.4 Å². The summed E-state index contributed by atoms with van der Waals surface area (Å²) in [4.78, 5) is 48.4. The Bertz CT molecular complexity index is 1440. The molecule has 2 N–H and O–H groups in total. The average Bonchev–Trinajstić information content (AvgIpc) is 3.57. The lowest BCUT2D eigenvalue weighted by atomic mass is 10.1. The summed E-state index contributed by atoms with van der Waals surface area (Å²) in [6.45, 7) is 6.82. The van der Waals surface area contributed by atoms with Crippen molar-refractivity contribution >= 4 is 35.0 Å². The van der Waals surface area contributed by atoms with E-state index in [2.05, 4.69) is 50.5 Å². The SMILES string of the molecule is Cc1ccccc1N1CCN(c2ccc(C(=O)NCCN3CCOC3=O)cc2NC(=O)c2coc(C3CC3)n2)CC1. The quantitative estimate of drug-likeness (QED) is 0.409. The Labute approximate surface area is 238 Å². The molecule has 2 saturated heterocycles. The molecule has 0 radical (unpaired) electrons. The maximum absolute atomic E-state index is 13.2. The number of hydrogen-bond acceptors (Lipinski definition) is 8. The van der Waals surface area contributed by atoms with Crippen molar-refractivity contribution in [3.8, 4) is 0 Å². The van der Waals surface area contributed by atoms with E-state index >= 15 is 0 Å². The van der Waals surface area contributed by atoms with Gasteiger partial charge in [-0.2, -0.15) is 0 Å². The van der Waals surface area contributed by atoms with Gasteiger partial charge in [0.1, 0.15) is 12.9 Å². The molecule has 1 saturated carbocycles. The van der Waals surface area contributed by atoms with Gasteiger partial charge in [-0.15, -0.1) is 0 Å². The van der Waals surface area contributed by atoms with E-state index in [0.29, 0.717) is 49.3 Å². The molecule has 2 aromatic carbocycles. The number of aryl methyl sites for hydroxylation is 1. The lowest BCUT2D eigenvalue weighted by Gasteiger charge is -2.38. The van der Waals surface area contributed by atoms with Crippen LogP contribution >= 0.6 is 0 Å². The van der Waals surface area contributed by atoms with E-state index in [4.69, 9.17) is 9.15 Å². The van der Waals surface area contributed by atoms with Crippen LogP contribution in [0.15, 0.2) is 53.1 Å². The summed E-state index contributed by atoms with van der Waals surface area (Å²) in [7, 11) is 0. The van der Waals surface area contributed by atoms with Crippen LogP contribution in [0, 0.1) is 6.92 Å². The second-order valence-corrected chi connectivity index (χ2v) is 10.6. The van der Waals surface area contributed by atoms with E-state index in [0.717, 1.165) is 44.7 Å². The van der Waals surface area contributed by atoms with E-state index < -0.39 is 0 Å². The first-order valence-electron chi connectivity index (χ1n) is 14.1. The number of cyclic esters (lactones) is 1. The van der Waals surface area contributed by atoms with Gasteiger partial charge in [0.15, 0.2) is 11.6 Å². The van der Waals surface area contributed by atoms with Gasteiger partial charge < -0.3 is 34.5 Å². The normalized spacial score (nSPS) is 17.0. The summed E-state index contributed by atoms with van der Waals surface area (Å²) in [5, 5.41) is 5.85. The fourth-order valence-corrected chi connectivity index (χ4v) is 5.29. The van der Waals surface area contributed by atoms with Crippen molar-refractivity contribution in [1.29, 1.82) is 0 Å². The lowest BCUT2D eigenvalue weighted by molar-refractivity contribution is 0.0947. The lowest BCUT2D eigenvalue weighted by Crippen LogP contribution is -2.47. The molecule has 3 heterocycles. The van der Waals surface area contributed by atoms with Crippen LogP contribution in [0.25, 0.3) is 0 Å². The predicted molar refractivity (Wildman–Crippen MR) is 154 cm³/mol. The van der Waals surface area contributed by atoms with Gasteiger partial charge in [0.25, 0.3) is 11.8 Å². The number of benzene rings is 2. The number of piperazine rings is 1. The van der Waals surface area contributed by atoms with E-state index in [1.807, 2.05) is 12.1 Å². The minimum Gasteiger partial charge on any atom is -0.448 e. The van der Waals surface area contributed by atoms with Gasteiger partial charge in [-0.1, -0.05) is 18.2 Å². The second kappa shape index (κ2) is 11.5. The summed E-state index contributed by atoms with van der Waals surface area (Å²) in [5.74, 6) is 0.218. The number of para-hydroxylation sites is 1. The van der Waals surface area contributed by atoms with Crippen molar-refractivity contribution in [3.05, 3.63) is 71.4 Å². The molecule has 3 aliphatic rings. The molecule has 6 rings (SSSR count). The Kier molecular flexibility index (Phi) is 7.49. The van der Waals surface area contributed by atoms with Crippen LogP contribution in [0.1, 0.15) is 51.1 Å². The van der Waals surface area contributed by atoms with E-state index in [-0.39, 0.29) is 23.6 Å². The number of nitrogens with one attached hydrogen (secondary N) is 2. The number of oxazole rings is 1. The maximum atomic E-state index is 13.2. The van der Waals surface area contributed by atoms with Gasteiger partial charge >= 0.3 is 6.09 Å². The first-order chi connectivity index (χ1) is 20.0. The first-order valence-corrected chi connectivity index (χ1v) is 14.1. The zero-order valence-electron chi connectivity index (χ0n) is 23.1. The molecular formula is C30H34N6O5. The third-order valence-electron chi connectivity index (χ3n) is 7.78. The van der Waals surface area contributed by atoms with Gasteiger partial charge in [0.05, 0.1) is 17.9 Å². The largest absolute Gasteiger partial charge is 0.448 e. The molecule has 0 spiro atoms. The van der Waals surface area contributed by atoms with E-state index in [9.17, 15) is 14.4 Å². The Hall–Kier alpha value is -4.54. The Morgan fingerprint density at radius 3 is 2.44 bits per heavy atom. The summed E-state index contributed by atoms with van der Waals surface area (Å²) in [6, 6.07) is 13.7. The standard InChI is InChI=1S/C30H34N6O5/c1-20-4-2-3-5-25(20)34-12-14-35(15-13-34)26-9-8-22(27(37)31-10-11-36-16-17-40-30(36)39)18-23(26)32-28(38)24-19-41-29(33-24)21-6-7-21/h2-5,8-9,18-19,21H,6-7,10-17H2,1H3,(H,31,37)(H,32,38). The molecule has 2 aliphatic heterocycles. The topological polar surface area (TPSA) is 120 Å². The summed E-state index contributed by atoms with van der Waals surface area (Å²) >= 11 is 0. The minimum atomic E-state index is -0.384. The average molecular weight is 559 g/mol. The van der Waals surface area contributed by atoms with Crippen molar-refractivity contribution in [3.63, 3.8) is 0 Å². The van der Waals surface area contributed by atoms with Crippen LogP contribution in [0.2, 0.25) is 0 Å². The van der Waals surface area contributed by atoms with Gasteiger partial charge in [-0.05, 0) is 49.6 Å². The number of nitrogens with zero attached hydrogens (tertiary/aromatic N) is 4. The molecule has 3 amide bonds. The molecule has 41 heavy (non-hydrogen) atoms. The van der Waals surface area contributed by atoms with Crippen LogP contribution in [0.5, 0.6) is 0 Å². The van der Waals surface area contributed by atoms with Gasteiger partial charge in [-0.25, -0.2) is 9.78 Å². The molecular weight excluding hydrogens is 524 g/mol. The summed E-state index contributed by atoms with van der Waals surface area (Å²) in [6.07, 6.45) is 3.07. The molecule has 11 heteroatoms. The molecule has 3 aromatic rings. The highest BCUT2D eigenvalue weighted by Gasteiger charge is 2.30. The molecule has 0 bridgehead atoms. The highest BCUT2D eigenvalue weighted by Crippen LogP contribution is 2.39. The second-order valence-electron chi connectivity index (χ2n) is 10.6. The highest BCUT2D eigenvalue weighted by atomic mass is 16.6. The van der Waals surface area contributed by atoms with Crippen LogP contribution < -0.4 is 20.4 Å². The number of aromatic nitrogens is 1. The minimum absolute atomic E-state index is 0.217. The number of anilines is 3. The number of rotatable bonds is 9. The van der Waals surface area contributed by atoms with Gasteiger partial charge in [-0.3, -0.25) is 9.59 Å². The molecule has 11 nitrogen and oxygen atoms in total. The Morgan fingerprint density at radius 1 is 0.976 bits per heavy atom. The van der Waals surface area contributed by atoms with Crippen LogP contribution in [0.3, 0.4) is 0 Å². The van der Waals surface area contributed by atoms with Crippen molar-refractivity contribution < 1.29 is 23.5 Å². The van der Waals surface area contributed by atoms with Crippen LogP contribution in [0.4, 0.5) is 21.9 Å². The molecule has 3 fully saturated rings. The maximum Gasteiger partial charge on any atom is 0.409 e. The molecule has 0 atom stereocenters. The fourth-order valence-electron chi connectivity index (χ4n) is 5.29. The fraction of sp³-hybridized carbons (Fsp3) is 0.400. The predicted octanol–water partition coefficient (Wildman–Crippen LogP) is 3.62. The van der Waals surface area contributed by atoms with Gasteiger partial charge in [0.2, 0.25) is 0 Å². The zero-order chi connectivity index (χ0) is 28.3. The summed E-state index contributed by atoms with van der Waals surface area (Å²) < 4.78 is 10.5. The first kappa shape index (κ1) is 26.7. The molecule has 0 unspecified atom stereocenters. The highest BCUT2D eigenvalue weighted by molar-refractivity contribution is 6.06. The van der Waals surface area contributed by atoms with E-state index in [1.165, 1.54) is 17.5 Å². The van der Waals surface area contributed by atoms with Crippen molar-refractivity contribution in [1.82, 2.24) is 15.2 Å². The number of amides is 3. The smallest absolute Gasteiger partial charge is 0.409 e. The third kappa shape index (κ3) is 5.98. The zero-order valence-corrected chi connectivity index (χ0v) is 23.1. The summed E-state index contributed by atoms with van der Waals surface area (Å²) in [5.41, 5.74) is 4.47. The van der Waals surface area contributed by atoms with Crippen LogP contribution in [-0.4, -0.2) is 80.2 Å². The monoisotopic (exact) mass is 558 g/mol. The molecule has 214 valence electrons. The number of carbonyl (C=O) groups is 3. The molecule has 1 aromatic heterocycles. The molecule has 1 aliphatic carbocycles. The van der Waals surface area contributed by atoms with Crippen molar-refractivity contribution in [2.24, 2.45) is 0 Å². The Balaban J connectivity index is 1.18. The van der Waals surface area contributed by atoms with Crippen molar-refractivity contribution in [2.45, 2.75) is 25.7 Å². The third-order valence-corrected chi connectivity index (χ3v) is 7.78.